The Balaban J connectivity index is 1.97. The molecular weight excluding hydrogens is 216 g/mol. The van der Waals surface area contributed by atoms with E-state index in [1.165, 1.54) is 35.1 Å². The van der Waals surface area contributed by atoms with E-state index in [0.29, 0.717) is 5.92 Å². The Morgan fingerprint density at radius 3 is 2.78 bits per heavy atom. The van der Waals surface area contributed by atoms with Crippen molar-refractivity contribution in [3.8, 4) is 0 Å². The SMILES string of the molecule is CCCc1cccc(C2C=Cc3ccccc32)c1. The fraction of sp³-hybridized carbons (Fsp3) is 0.222. The van der Waals surface area contributed by atoms with Gasteiger partial charge >= 0.3 is 0 Å². The molecule has 3 rings (SSSR count). The van der Waals surface area contributed by atoms with E-state index < -0.39 is 0 Å². The molecule has 90 valence electrons. The highest BCUT2D eigenvalue weighted by Gasteiger charge is 2.18. The van der Waals surface area contributed by atoms with Crippen molar-refractivity contribution in [3.05, 3.63) is 76.9 Å². The third-order valence-electron chi connectivity index (χ3n) is 3.65. The van der Waals surface area contributed by atoms with Gasteiger partial charge in [0.2, 0.25) is 0 Å². The summed E-state index contributed by atoms with van der Waals surface area (Å²) in [4.78, 5) is 0. The van der Waals surface area contributed by atoms with Gasteiger partial charge in [0, 0.05) is 5.92 Å². The molecule has 0 fully saturated rings. The van der Waals surface area contributed by atoms with E-state index in [9.17, 15) is 0 Å². The molecule has 0 amide bonds. The second-order valence-corrected chi connectivity index (χ2v) is 4.96. The Labute approximate surface area is 109 Å². The maximum absolute atomic E-state index is 2.36. The minimum Gasteiger partial charge on any atom is -0.0720 e. The normalized spacial score (nSPS) is 16.8. The number of rotatable bonds is 3. The quantitative estimate of drug-likeness (QED) is 0.715. The highest BCUT2D eigenvalue weighted by molar-refractivity contribution is 5.65. The number of hydrogen-bond donors (Lipinski definition) is 0. The average molecular weight is 234 g/mol. The smallest absolute Gasteiger partial charge is 0.0278 e. The number of benzene rings is 2. The van der Waals surface area contributed by atoms with Gasteiger partial charge in [-0.1, -0.05) is 74.0 Å². The van der Waals surface area contributed by atoms with Gasteiger partial charge in [0.25, 0.3) is 0 Å². The minimum atomic E-state index is 0.443. The van der Waals surface area contributed by atoms with Crippen molar-refractivity contribution in [1.29, 1.82) is 0 Å². The fourth-order valence-corrected chi connectivity index (χ4v) is 2.77. The minimum absolute atomic E-state index is 0.443. The van der Waals surface area contributed by atoms with Crippen molar-refractivity contribution in [1.82, 2.24) is 0 Å². The van der Waals surface area contributed by atoms with Crippen molar-refractivity contribution in [2.75, 3.05) is 0 Å². The van der Waals surface area contributed by atoms with Crippen LogP contribution in [0.1, 0.15) is 41.5 Å². The lowest BCUT2D eigenvalue weighted by atomic mass is 9.91. The summed E-state index contributed by atoms with van der Waals surface area (Å²) in [5.41, 5.74) is 5.67. The largest absolute Gasteiger partial charge is 0.0720 e. The molecule has 0 saturated carbocycles. The molecule has 0 nitrogen and oxygen atoms in total. The van der Waals surface area contributed by atoms with Crippen molar-refractivity contribution in [3.63, 3.8) is 0 Å². The molecule has 18 heavy (non-hydrogen) atoms. The number of aryl methyl sites for hydroxylation is 1. The van der Waals surface area contributed by atoms with Gasteiger partial charge in [0.05, 0.1) is 0 Å². The van der Waals surface area contributed by atoms with E-state index in [-0.39, 0.29) is 0 Å². The van der Waals surface area contributed by atoms with Gasteiger partial charge in [0.1, 0.15) is 0 Å². The summed E-state index contributed by atoms with van der Waals surface area (Å²) >= 11 is 0. The van der Waals surface area contributed by atoms with Crippen LogP contribution in [0.15, 0.2) is 54.6 Å². The Morgan fingerprint density at radius 1 is 1.00 bits per heavy atom. The number of hydrogen-bond acceptors (Lipinski definition) is 0. The van der Waals surface area contributed by atoms with Crippen molar-refractivity contribution >= 4 is 6.08 Å². The molecule has 0 bridgehead atoms. The van der Waals surface area contributed by atoms with Crippen LogP contribution in [0, 0.1) is 0 Å². The first-order valence-electron chi connectivity index (χ1n) is 6.74. The van der Waals surface area contributed by atoms with Crippen LogP contribution < -0.4 is 0 Å². The zero-order valence-electron chi connectivity index (χ0n) is 10.8. The Morgan fingerprint density at radius 2 is 1.89 bits per heavy atom. The van der Waals surface area contributed by atoms with Crippen LogP contribution in [-0.4, -0.2) is 0 Å². The van der Waals surface area contributed by atoms with Crippen LogP contribution in [0.2, 0.25) is 0 Å². The van der Waals surface area contributed by atoms with Crippen LogP contribution in [0.25, 0.3) is 6.08 Å². The molecule has 2 aromatic rings. The monoisotopic (exact) mass is 234 g/mol. The van der Waals surface area contributed by atoms with Gasteiger partial charge in [-0.05, 0) is 28.7 Å². The van der Waals surface area contributed by atoms with Crippen LogP contribution in [0.4, 0.5) is 0 Å². The zero-order chi connectivity index (χ0) is 12.4. The van der Waals surface area contributed by atoms with Gasteiger partial charge in [-0.25, -0.2) is 0 Å². The molecule has 1 unspecified atom stereocenters. The second kappa shape index (κ2) is 4.81. The summed E-state index contributed by atoms with van der Waals surface area (Å²) in [6.45, 7) is 2.23. The lowest BCUT2D eigenvalue weighted by molar-refractivity contribution is 0.914. The Kier molecular flexibility index (Phi) is 3.02. The highest BCUT2D eigenvalue weighted by Crippen LogP contribution is 2.35. The molecule has 0 saturated heterocycles. The molecule has 0 aliphatic heterocycles. The third kappa shape index (κ3) is 1.99. The maximum atomic E-state index is 2.36. The van der Waals surface area contributed by atoms with E-state index in [0.717, 1.165) is 0 Å². The summed E-state index contributed by atoms with van der Waals surface area (Å²) in [5, 5.41) is 0. The molecule has 2 aromatic carbocycles. The summed E-state index contributed by atoms with van der Waals surface area (Å²) in [6.07, 6.45) is 6.94. The van der Waals surface area contributed by atoms with Crippen LogP contribution >= 0.6 is 0 Å². The Bertz CT molecular complexity index is 578. The molecule has 1 aliphatic rings. The summed E-state index contributed by atoms with van der Waals surface area (Å²) < 4.78 is 0. The lowest BCUT2D eigenvalue weighted by Crippen LogP contribution is -1.96. The van der Waals surface area contributed by atoms with E-state index in [2.05, 4.69) is 67.6 Å². The zero-order valence-corrected chi connectivity index (χ0v) is 10.8. The first-order chi connectivity index (χ1) is 8.88. The fourth-order valence-electron chi connectivity index (χ4n) is 2.77. The molecule has 0 spiro atoms. The van der Waals surface area contributed by atoms with Gasteiger partial charge in [0.15, 0.2) is 0 Å². The molecule has 0 N–H and O–H groups in total. The van der Waals surface area contributed by atoms with Crippen molar-refractivity contribution in [2.45, 2.75) is 25.7 Å². The first-order valence-corrected chi connectivity index (χ1v) is 6.74. The predicted molar refractivity (Wildman–Crippen MR) is 77.8 cm³/mol. The molecule has 1 atom stereocenters. The highest BCUT2D eigenvalue weighted by atomic mass is 14.2. The average Bonchev–Trinajstić information content (AvgIpc) is 2.83. The third-order valence-corrected chi connectivity index (χ3v) is 3.65. The van der Waals surface area contributed by atoms with Gasteiger partial charge < -0.3 is 0 Å². The molecule has 0 aromatic heterocycles. The summed E-state index contributed by atoms with van der Waals surface area (Å²) in [7, 11) is 0. The van der Waals surface area contributed by atoms with Gasteiger partial charge in [-0.15, -0.1) is 0 Å². The molecule has 0 heteroatoms. The van der Waals surface area contributed by atoms with Crippen LogP contribution in [0.3, 0.4) is 0 Å². The maximum Gasteiger partial charge on any atom is 0.0278 e. The lowest BCUT2D eigenvalue weighted by Gasteiger charge is -2.12. The predicted octanol–water partition coefficient (Wildman–Crippen LogP) is 4.80. The van der Waals surface area contributed by atoms with Gasteiger partial charge in [-0.3, -0.25) is 0 Å². The van der Waals surface area contributed by atoms with Gasteiger partial charge in [-0.2, -0.15) is 0 Å². The Hall–Kier alpha value is -1.82. The van der Waals surface area contributed by atoms with E-state index in [1.54, 1.807) is 0 Å². The van der Waals surface area contributed by atoms with Crippen LogP contribution in [-0.2, 0) is 6.42 Å². The number of fused-ring (bicyclic) bond motifs is 1. The summed E-state index contributed by atoms with van der Waals surface area (Å²) in [5.74, 6) is 0.443. The first kappa shape index (κ1) is 11.3. The second-order valence-electron chi connectivity index (χ2n) is 4.96. The molecule has 0 radical (unpaired) electrons. The van der Waals surface area contributed by atoms with E-state index in [1.807, 2.05) is 0 Å². The molecule has 1 aliphatic carbocycles. The standard InChI is InChI=1S/C18H18/c1-2-6-14-7-5-9-16(13-14)18-12-11-15-8-3-4-10-17(15)18/h3-5,7-13,18H,2,6H2,1H3. The molecule has 0 heterocycles. The molecular formula is C18H18. The van der Waals surface area contributed by atoms with E-state index >= 15 is 0 Å². The van der Waals surface area contributed by atoms with Crippen molar-refractivity contribution < 1.29 is 0 Å². The van der Waals surface area contributed by atoms with Crippen molar-refractivity contribution in [2.24, 2.45) is 0 Å². The van der Waals surface area contributed by atoms with E-state index in [4.69, 9.17) is 0 Å². The summed E-state index contributed by atoms with van der Waals surface area (Å²) in [6, 6.07) is 17.7. The van der Waals surface area contributed by atoms with Crippen LogP contribution in [0.5, 0.6) is 0 Å². The topological polar surface area (TPSA) is 0 Å². The number of allylic oxidation sites excluding steroid dienone is 1.